The van der Waals surface area contributed by atoms with Crippen LogP contribution in [0.25, 0.3) is 0 Å². The van der Waals surface area contributed by atoms with E-state index in [9.17, 15) is 5.11 Å². The van der Waals surface area contributed by atoms with E-state index in [0.717, 1.165) is 43.2 Å². The Morgan fingerprint density at radius 3 is 2.56 bits per heavy atom. The summed E-state index contributed by atoms with van der Waals surface area (Å²) in [4.78, 5) is 4.69. The van der Waals surface area contributed by atoms with E-state index < -0.39 is 6.10 Å². The first-order chi connectivity index (χ1) is 13.3. The molecule has 0 amide bonds. The molecule has 0 aliphatic carbocycles. The fraction of sp³-hybridized carbons (Fsp3) is 0.429. The van der Waals surface area contributed by atoms with Crippen LogP contribution in [0.15, 0.2) is 48.5 Å². The molecule has 1 saturated heterocycles. The molecule has 2 aromatic carbocycles. The SMILES string of the molecule is OC(COCc1ccc2c(c1)OCO2)CN1CCN(c2ccccc2)CC1. The van der Waals surface area contributed by atoms with Gasteiger partial charge in [0.2, 0.25) is 6.79 Å². The molecule has 0 spiro atoms. The molecular weight excluding hydrogens is 344 g/mol. The van der Waals surface area contributed by atoms with Gasteiger partial charge in [-0.1, -0.05) is 24.3 Å². The van der Waals surface area contributed by atoms with Crippen molar-refractivity contribution in [2.24, 2.45) is 0 Å². The number of aliphatic hydroxyl groups excluding tert-OH is 1. The van der Waals surface area contributed by atoms with Crippen LogP contribution >= 0.6 is 0 Å². The molecule has 1 atom stereocenters. The number of hydrogen-bond acceptors (Lipinski definition) is 6. The molecule has 0 radical (unpaired) electrons. The van der Waals surface area contributed by atoms with Gasteiger partial charge < -0.3 is 24.2 Å². The van der Waals surface area contributed by atoms with E-state index in [-0.39, 0.29) is 6.79 Å². The first-order valence-electron chi connectivity index (χ1n) is 9.44. The van der Waals surface area contributed by atoms with Gasteiger partial charge in [0.15, 0.2) is 11.5 Å². The van der Waals surface area contributed by atoms with Crippen molar-refractivity contribution in [1.82, 2.24) is 4.90 Å². The van der Waals surface area contributed by atoms with Crippen LogP contribution < -0.4 is 14.4 Å². The zero-order valence-electron chi connectivity index (χ0n) is 15.4. The topological polar surface area (TPSA) is 54.4 Å². The maximum absolute atomic E-state index is 10.3. The molecule has 2 heterocycles. The minimum Gasteiger partial charge on any atom is -0.454 e. The molecule has 27 heavy (non-hydrogen) atoms. The second-order valence-electron chi connectivity index (χ2n) is 6.98. The van der Waals surface area contributed by atoms with Crippen LogP contribution in [-0.4, -0.2) is 62.2 Å². The number of β-amino-alcohol motifs (C(OH)–C–C–N with tert-alkyl or cyclic N) is 1. The third-order valence-electron chi connectivity index (χ3n) is 4.98. The van der Waals surface area contributed by atoms with Crippen LogP contribution in [0, 0.1) is 0 Å². The third kappa shape index (κ3) is 4.71. The standard InChI is InChI=1S/C21H26N2O4/c24-19(15-25-14-17-6-7-20-21(12-17)27-16-26-20)13-22-8-10-23(11-9-22)18-4-2-1-3-5-18/h1-7,12,19,24H,8-11,13-16H2. The van der Waals surface area contributed by atoms with E-state index >= 15 is 0 Å². The molecule has 0 aromatic heterocycles. The molecular formula is C21H26N2O4. The monoisotopic (exact) mass is 370 g/mol. The Bertz CT molecular complexity index is 732. The predicted molar refractivity (Wildman–Crippen MR) is 103 cm³/mol. The minimum absolute atomic E-state index is 0.274. The predicted octanol–water partition coefficient (Wildman–Crippen LogP) is 2.12. The van der Waals surface area contributed by atoms with Crippen LogP contribution in [0.4, 0.5) is 5.69 Å². The second-order valence-corrected chi connectivity index (χ2v) is 6.98. The minimum atomic E-state index is -0.484. The lowest BCUT2D eigenvalue weighted by atomic mass is 10.2. The summed E-state index contributed by atoms with van der Waals surface area (Å²) in [6, 6.07) is 16.3. The van der Waals surface area contributed by atoms with Crippen LogP contribution in [-0.2, 0) is 11.3 Å². The van der Waals surface area contributed by atoms with E-state index in [1.807, 2.05) is 24.3 Å². The normalized spacial score (nSPS) is 17.9. The highest BCUT2D eigenvalue weighted by Crippen LogP contribution is 2.32. The average Bonchev–Trinajstić information content (AvgIpc) is 3.17. The van der Waals surface area contributed by atoms with Crippen molar-refractivity contribution in [2.45, 2.75) is 12.7 Å². The highest BCUT2D eigenvalue weighted by Gasteiger charge is 2.19. The highest BCUT2D eigenvalue weighted by molar-refractivity contribution is 5.46. The Balaban J connectivity index is 1.16. The fourth-order valence-corrected chi connectivity index (χ4v) is 3.52. The van der Waals surface area contributed by atoms with Gasteiger partial charge in [0.25, 0.3) is 0 Å². The van der Waals surface area contributed by atoms with Crippen LogP contribution in [0.5, 0.6) is 11.5 Å². The summed E-state index contributed by atoms with van der Waals surface area (Å²) in [6.45, 7) is 5.56. The molecule has 1 fully saturated rings. The summed E-state index contributed by atoms with van der Waals surface area (Å²) in [5.41, 5.74) is 2.28. The molecule has 2 aliphatic rings. The lowest BCUT2D eigenvalue weighted by Gasteiger charge is -2.36. The van der Waals surface area contributed by atoms with E-state index in [1.54, 1.807) is 0 Å². The van der Waals surface area contributed by atoms with Gasteiger partial charge in [-0.15, -0.1) is 0 Å². The summed E-state index contributed by atoms with van der Waals surface area (Å²) in [6.07, 6.45) is -0.484. The van der Waals surface area contributed by atoms with E-state index in [1.165, 1.54) is 5.69 Å². The average molecular weight is 370 g/mol. The fourth-order valence-electron chi connectivity index (χ4n) is 3.52. The first-order valence-corrected chi connectivity index (χ1v) is 9.44. The van der Waals surface area contributed by atoms with E-state index in [2.05, 4.69) is 34.1 Å². The zero-order valence-corrected chi connectivity index (χ0v) is 15.4. The molecule has 6 heteroatoms. The lowest BCUT2D eigenvalue weighted by Crippen LogP contribution is -2.49. The summed E-state index contributed by atoms with van der Waals surface area (Å²) in [7, 11) is 0. The Kier molecular flexibility index (Phi) is 5.77. The van der Waals surface area contributed by atoms with Crippen LogP contribution in [0.2, 0.25) is 0 Å². The number of para-hydroxylation sites is 1. The van der Waals surface area contributed by atoms with Crippen molar-refractivity contribution in [1.29, 1.82) is 0 Å². The van der Waals surface area contributed by atoms with Crippen molar-refractivity contribution in [3.05, 3.63) is 54.1 Å². The van der Waals surface area contributed by atoms with Gasteiger partial charge in [0.05, 0.1) is 19.3 Å². The van der Waals surface area contributed by atoms with E-state index in [4.69, 9.17) is 14.2 Å². The van der Waals surface area contributed by atoms with Crippen LogP contribution in [0.1, 0.15) is 5.56 Å². The number of rotatable bonds is 7. The van der Waals surface area contributed by atoms with Gasteiger partial charge in [0, 0.05) is 38.4 Å². The van der Waals surface area contributed by atoms with Gasteiger partial charge in [0.1, 0.15) is 0 Å². The van der Waals surface area contributed by atoms with Crippen molar-refractivity contribution >= 4 is 5.69 Å². The van der Waals surface area contributed by atoms with Crippen molar-refractivity contribution in [3.63, 3.8) is 0 Å². The number of piperazine rings is 1. The second kappa shape index (κ2) is 8.61. The third-order valence-corrected chi connectivity index (χ3v) is 4.98. The maximum atomic E-state index is 10.3. The summed E-state index contributed by atoms with van der Waals surface area (Å²) in [5.74, 6) is 1.53. The largest absolute Gasteiger partial charge is 0.454 e. The number of ether oxygens (including phenoxy) is 3. The summed E-state index contributed by atoms with van der Waals surface area (Å²) >= 11 is 0. The number of benzene rings is 2. The number of nitrogens with zero attached hydrogens (tertiary/aromatic N) is 2. The smallest absolute Gasteiger partial charge is 0.231 e. The van der Waals surface area contributed by atoms with Gasteiger partial charge in [-0.05, 0) is 29.8 Å². The number of aliphatic hydroxyl groups is 1. The number of anilines is 1. The van der Waals surface area contributed by atoms with E-state index in [0.29, 0.717) is 19.8 Å². The Morgan fingerprint density at radius 2 is 1.74 bits per heavy atom. The highest BCUT2D eigenvalue weighted by atomic mass is 16.7. The molecule has 2 aromatic rings. The molecule has 4 rings (SSSR count). The van der Waals surface area contributed by atoms with Gasteiger partial charge in [-0.2, -0.15) is 0 Å². The molecule has 2 aliphatic heterocycles. The zero-order chi connectivity index (χ0) is 18.5. The quantitative estimate of drug-likeness (QED) is 0.806. The summed E-state index contributed by atoms with van der Waals surface area (Å²) in [5, 5.41) is 10.3. The van der Waals surface area contributed by atoms with Crippen LogP contribution in [0.3, 0.4) is 0 Å². The Labute approximate surface area is 159 Å². The molecule has 0 saturated carbocycles. The van der Waals surface area contributed by atoms with Gasteiger partial charge in [-0.25, -0.2) is 0 Å². The van der Waals surface area contributed by atoms with Gasteiger partial charge in [-0.3, -0.25) is 4.90 Å². The van der Waals surface area contributed by atoms with Gasteiger partial charge >= 0.3 is 0 Å². The molecule has 6 nitrogen and oxygen atoms in total. The van der Waals surface area contributed by atoms with Crippen molar-refractivity contribution in [3.8, 4) is 11.5 Å². The summed E-state index contributed by atoms with van der Waals surface area (Å²) < 4.78 is 16.4. The van der Waals surface area contributed by atoms with Crippen molar-refractivity contribution < 1.29 is 19.3 Å². The Hall–Kier alpha value is -2.28. The molecule has 1 unspecified atom stereocenters. The molecule has 0 bridgehead atoms. The lowest BCUT2D eigenvalue weighted by molar-refractivity contribution is 0.00911. The number of hydrogen-bond donors (Lipinski definition) is 1. The maximum Gasteiger partial charge on any atom is 0.231 e. The first kappa shape index (κ1) is 18.1. The molecule has 144 valence electrons. The molecule has 1 N–H and O–H groups in total. The number of fused-ring (bicyclic) bond motifs is 1. The Morgan fingerprint density at radius 1 is 0.963 bits per heavy atom. The van der Waals surface area contributed by atoms with Crippen molar-refractivity contribution in [2.75, 3.05) is 51.0 Å².